The minimum Gasteiger partial charge on any atom is -0.0880 e. The molecule has 1 aliphatic heterocycles. The highest BCUT2D eigenvalue weighted by Crippen LogP contribution is 2.37. The number of allylic oxidation sites excluding steroid dienone is 2. The Kier molecular flexibility index (Phi) is 2.06. The molecular weight excluding hydrogens is 131 g/mol. The fourth-order valence-electron chi connectivity index (χ4n) is 2.76. The molecule has 11 heavy (non-hydrogen) atoms. The van der Waals surface area contributed by atoms with Crippen LogP contribution < -0.4 is 0 Å². The first-order valence-corrected chi connectivity index (χ1v) is 5.05. The molecule has 0 N–H and O–H groups in total. The third kappa shape index (κ3) is 1.52. The summed E-state index contributed by atoms with van der Waals surface area (Å²) < 4.78 is 0. The van der Waals surface area contributed by atoms with Crippen molar-refractivity contribution in [1.82, 2.24) is 0 Å². The number of hydrogen-bond acceptors (Lipinski definition) is 0. The van der Waals surface area contributed by atoms with Crippen LogP contribution in [0.2, 0.25) is 19.0 Å². The van der Waals surface area contributed by atoms with Crippen LogP contribution in [0.25, 0.3) is 0 Å². The summed E-state index contributed by atoms with van der Waals surface area (Å²) in [6.45, 7) is 3.39. The topological polar surface area (TPSA) is 0 Å². The van der Waals surface area contributed by atoms with E-state index in [1.807, 2.05) is 0 Å². The number of fused-ring (bicyclic) bond motifs is 2. The summed E-state index contributed by atoms with van der Waals surface area (Å²) in [5.41, 5.74) is 0. The minimum atomic E-state index is 0.951. The third-order valence-corrected chi connectivity index (χ3v) is 3.39. The van der Waals surface area contributed by atoms with Gasteiger partial charge in [0, 0.05) is 0 Å². The summed E-state index contributed by atoms with van der Waals surface area (Å²) >= 11 is 0. The lowest BCUT2D eigenvalue weighted by Gasteiger charge is -2.34. The Morgan fingerprint density at radius 3 is 3.09 bits per heavy atom. The maximum Gasteiger partial charge on any atom is 0.140 e. The van der Waals surface area contributed by atoms with E-state index in [4.69, 9.17) is 0 Å². The van der Waals surface area contributed by atoms with E-state index in [1.165, 1.54) is 31.8 Å². The van der Waals surface area contributed by atoms with Gasteiger partial charge in [-0.15, -0.1) is 0 Å². The summed E-state index contributed by atoms with van der Waals surface area (Å²) in [4.78, 5) is 0. The molecule has 2 atom stereocenters. The molecule has 2 aliphatic rings. The van der Waals surface area contributed by atoms with E-state index >= 15 is 0 Å². The molecule has 1 aliphatic carbocycles. The first-order chi connectivity index (χ1) is 5.38. The predicted molar refractivity (Wildman–Crippen MR) is 51.2 cm³/mol. The highest BCUT2D eigenvalue weighted by Gasteiger charge is 2.29. The van der Waals surface area contributed by atoms with E-state index in [-0.39, 0.29) is 0 Å². The van der Waals surface area contributed by atoms with Crippen molar-refractivity contribution < 1.29 is 0 Å². The van der Waals surface area contributed by atoms with Crippen LogP contribution in [0.1, 0.15) is 19.8 Å². The smallest absolute Gasteiger partial charge is 0.0880 e. The Morgan fingerprint density at radius 2 is 2.36 bits per heavy atom. The second kappa shape index (κ2) is 3.04. The molecule has 0 spiro atoms. The fraction of sp³-hybridized carbons (Fsp3) is 0.800. The summed E-state index contributed by atoms with van der Waals surface area (Å²) in [5.74, 6) is 2.00. The van der Waals surface area contributed by atoms with Gasteiger partial charge in [0.1, 0.15) is 6.71 Å². The maximum atomic E-state index is 2.46. The van der Waals surface area contributed by atoms with E-state index in [0.717, 1.165) is 18.5 Å². The Balaban J connectivity index is 2.02. The lowest BCUT2D eigenvalue weighted by Crippen LogP contribution is -2.28. The molecule has 0 aromatic heterocycles. The zero-order valence-electron chi connectivity index (χ0n) is 7.42. The van der Waals surface area contributed by atoms with Crippen LogP contribution in [0, 0.1) is 11.8 Å². The number of hydrogen-bond donors (Lipinski definition) is 0. The van der Waals surface area contributed by atoms with Gasteiger partial charge in [0.15, 0.2) is 0 Å². The van der Waals surface area contributed by atoms with Gasteiger partial charge in [-0.2, -0.15) is 0 Å². The van der Waals surface area contributed by atoms with Crippen molar-refractivity contribution in [3.63, 3.8) is 0 Å². The van der Waals surface area contributed by atoms with Crippen LogP contribution in [0.5, 0.6) is 0 Å². The van der Waals surface area contributed by atoms with Crippen molar-refractivity contribution in [1.29, 1.82) is 0 Å². The highest BCUT2D eigenvalue weighted by molar-refractivity contribution is 6.59. The molecule has 0 nitrogen and oxygen atoms in total. The maximum absolute atomic E-state index is 2.46. The van der Waals surface area contributed by atoms with Gasteiger partial charge in [-0.25, -0.2) is 0 Å². The van der Waals surface area contributed by atoms with Gasteiger partial charge in [0.05, 0.1) is 0 Å². The van der Waals surface area contributed by atoms with Gasteiger partial charge in [-0.1, -0.05) is 38.0 Å². The van der Waals surface area contributed by atoms with E-state index in [0.29, 0.717) is 0 Å². The normalized spacial score (nSPS) is 35.9. The van der Waals surface area contributed by atoms with Gasteiger partial charge < -0.3 is 0 Å². The molecule has 2 unspecified atom stereocenters. The summed E-state index contributed by atoms with van der Waals surface area (Å²) in [6, 6.07) is 0. The highest BCUT2D eigenvalue weighted by atomic mass is 14.2. The molecule has 1 fully saturated rings. The summed E-state index contributed by atoms with van der Waals surface area (Å²) in [5, 5.41) is 0. The average Bonchev–Trinajstić information content (AvgIpc) is 2.03. The lowest BCUT2D eigenvalue weighted by molar-refractivity contribution is 0.420. The van der Waals surface area contributed by atoms with Crippen molar-refractivity contribution in [3.8, 4) is 0 Å². The Bertz CT molecular complexity index is 162. The van der Waals surface area contributed by atoms with Crippen molar-refractivity contribution in [2.24, 2.45) is 11.8 Å². The van der Waals surface area contributed by atoms with E-state index < -0.39 is 0 Å². The molecule has 2 bridgehead atoms. The second-order valence-electron chi connectivity index (χ2n) is 4.27. The van der Waals surface area contributed by atoms with E-state index in [1.54, 1.807) is 0 Å². The van der Waals surface area contributed by atoms with Gasteiger partial charge in [0.25, 0.3) is 0 Å². The van der Waals surface area contributed by atoms with Gasteiger partial charge in [-0.3, -0.25) is 0 Å². The van der Waals surface area contributed by atoms with Crippen molar-refractivity contribution in [3.05, 3.63) is 12.2 Å². The SMILES string of the molecule is CCB1CC2C=CCC(C1)C2. The van der Waals surface area contributed by atoms with Crippen LogP contribution in [-0.2, 0) is 0 Å². The monoisotopic (exact) mass is 148 g/mol. The van der Waals surface area contributed by atoms with E-state index in [2.05, 4.69) is 19.1 Å². The van der Waals surface area contributed by atoms with Crippen molar-refractivity contribution in [2.45, 2.75) is 38.7 Å². The number of rotatable bonds is 1. The molecule has 1 heterocycles. The molecule has 60 valence electrons. The molecule has 1 saturated heterocycles. The molecule has 2 rings (SSSR count). The molecule has 0 aromatic carbocycles. The first kappa shape index (κ1) is 7.45. The largest absolute Gasteiger partial charge is 0.140 e. The van der Waals surface area contributed by atoms with Crippen LogP contribution in [0.15, 0.2) is 12.2 Å². The van der Waals surface area contributed by atoms with E-state index in [9.17, 15) is 0 Å². The third-order valence-electron chi connectivity index (χ3n) is 3.39. The average molecular weight is 148 g/mol. The molecule has 0 saturated carbocycles. The predicted octanol–water partition coefficient (Wildman–Crippen LogP) is 3.10. The molecule has 0 amide bonds. The molecule has 0 aromatic rings. The molecule has 1 heteroatoms. The zero-order chi connectivity index (χ0) is 7.68. The molecule has 0 radical (unpaired) electrons. The quantitative estimate of drug-likeness (QED) is 0.396. The Labute approximate surface area is 70.1 Å². The zero-order valence-corrected chi connectivity index (χ0v) is 7.42. The van der Waals surface area contributed by atoms with Crippen LogP contribution in [0.3, 0.4) is 0 Å². The lowest BCUT2D eigenvalue weighted by atomic mass is 9.35. The Morgan fingerprint density at radius 1 is 1.45 bits per heavy atom. The second-order valence-corrected chi connectivity index (χ2v) is 4.27. The standard InChI is InChI=1S/C10H17B/c1-2-11-7-9-4-3-5-10(6-9)8-11/h3-4,9-10H,2,5-8H2,1H3. The Hall–Kier alpha value is -0.195. The van der Waals surface area contributed by atoms with Crippen LogP contribution >= 0.6 is 0 Å². The molecular formula is C10H17B. The first-order valence-electron chi connectivity index (χ1n) is 5.05. The van der Waals surface area contributed by atoms with Gasteiger partial charge in [0.2, 0.25) is 0 Å². The van der Waals surface area contributed by atoms with Gasteiger partial charge in [-0.05, 0) is 24.7 Å². The summed E-state index contributed by atoms with van der Waals surface area (Å²) in [7, 11) is 0. The van der Waals surface area contributed by atoms with Crippen molar-refractivity contribution >= 4 is 6.71 Å². The van der Waals surface area contributed by atoms with Crippen molar-refractivity contribution in [2.75, 3.05) is 0 Å². The van der Waals surface area contributed by atoms with Crippen LogP contribution in [0.4, 0.5) is 0 Å². The fourth-order valence-corrected chi connectivity index (χ4v) is 2.76. The van der Waals surface area contributed by atoms with Gasteiger partial charge >= 0.3 is 0 Å². The van der Waals surface area contributed by atoms with Crippen LogP contribution in [-0.4, -0.2) is 6.71 Å². The summed E-state index contributed by atoms with van der Waals surface area (Å²) in [6.07, 6.45) is 12.1. The minimum absolute atomic E-state index is 0.951.